The molecule has 4 aromatic carbocycles. The fourth-order valence-corrected chi connectivity index (χ4v) is 6.28. The molecule has 0 radical (unpaired) electrons. The Morgan fingerprint density at radius 3 is 2.00 bits per heavy atom. The lowest BCUT2D eigenvalue weighted by molar-refractivity contribution is -0.140. The Balaban J connectivity index is 1.78. The zero-order valence-corrected chi connectivity index (χ0v) is 26.8. The van der Waals surface area contributed by atoms with Crippen molar-refractivity contribution in [3.8, 4) is 0 Å². The number of nitrogens with zero attached hydrogens (tertiary/aromatic N) is 2. The van der Waals surface area contributed by atoms with Crippen LogP contribution in [0.1, 0.15) is 37.0 Å². The summed E-state index contributed by atoms with van der Waals surface area (Å²) in [6.07, 6.45) is 0.962. The van der Waals surface area contributed by atoms with Crippen LogP contribution in [-0.2, 0) is 32.6 Å². The molecule has 0 unspecified atom stereocenters. The number of carbonyl (C=O) groups is 2. The number of halogens is 1. The second kappa shape index (κ2) is 15.0. The molecule has 7 nitrogen and oxygen atoms in total. The third-order valence-electron chi connectivity index (χ3n) is 7.47. The summed E-state index contributed by atoms with van der Waals surface area (Å²) in [5.41, 5.74) is 2.88. The maximum absolute atomic E-state index is 14.4. The monoisotopic (exact) mass is 631 g/mol. The van der Waals surface area contributed by atoms with Gasteiger partial charge in [0.1, 0.15) is 12.6 Å². The van der Waals surface area contributed by atoms with Gasteiger partial charge in [0.2, 0.25) is 11.8 Å². The zero-order chi connectivity index (χ0) is 31.7. The molecule has 1 N–H and O–H groups in total. The topological polar surface area (TPSA) is 86.8 Å². The number of carbonyl (C=O) groups excluding carboxylic acids is 2. The molecule has 4 aromatic rings. The lowest BCUT2D eigenvalue weighted by atomic mass is 10.0. The molecule has 0 saturated heterocycles. The third kappa shape index (κ3) is 8.49. The molecule has 0 aliphatic heterocycles. The molecule has 0 aliphatic carbocycles. The van der Waals surface area contributed by atoms with E-state index in [-0.39, 0.29) is 29.8 Å². The summed E-state index contributed by atoms with van der Waals surface area (Å²) >= 11 is 6.14. The van der Waals surface area contributed by atoms with E-state index in [0.717, 1.165) is 21.0 Å². The second-order valence-corrected chi connectivity index (χ2v) is 13.1. The molecule has 4 rings (SSSR count). The van der Waals surface area contributed by atoms with Gasteiger partial charge in [0, 0.05) is 24.0 Å². The highest BCUT2D eigenvalue weighted by Gasteiger charge is 2.34. The Labute approximate surface area is 265 Å². The number of hydrogen-bond donors (Lipinski definition) is 1. The number of hydrogen-bond acceptors (Lipinski definition) is 4. The van der Waals surface area contributed by atoms with Gasteiger partial charge < -0.3 is 10.2 Å². The maximum atomic E-state index is 14.4. The van der Waals surface area contributed by atoms with Gasteiger partial charge in [0.25, 0.3) is 10.0 Å². The molecule has 0 spiro atoms. The van der Waals surface area contributed by atoms with E-state index >= 15 is 0 Å². The molecule has 0 heterocycles. The fraction of sp³-hybridized carbons (Fsp3) is 0.257. The first-order valence-electron chi connectivity index (χ1n) is 14.6. The van der Waals surface area contributed by atoms with E-state index in [2.05, 4.69) is 5.32 Å². The number of benzene rings is 4. The van der Waals surface area contributed by atoms with Crippen LogP contribution in [0.5, 0.6) is 0 Å². The van der Waals surface area contributed by atoms with E-state index in [4.69, 9.17) is 11.6 Å². The van der Waals surface area contributed by atoms with Crippen LogP contribution in [0, 0.1) is 6.92 Å². The Morgan fingerprint density at radius 2 is 1.41 bits per heavy atom. The molecule has 0 aromatic heterocycles. The minimum atomic E-state index is -4.14. The van der Waals surface area contributed by atoms with Crippen molar-refractivity contribution in [1.29, 1.82) is 0 Å². The van der Waals surface area contributed by atoms with Crippen molar-refractivity contribution in [3.63, 3.8) is 0 Å². The quantitative estimate of drug-likeness (QED) is 0.185. The zero-order valence-electron chi connectivity index (χ0n) is 25.2. The third-order valence-corrected chi connectivity index (χ3v) is 9.51. The van der Waals surface area contributed by atoms with E-state index < -0.39 is 28.5 Å². The summed E-state index contributed by atoms with van der Waals surface area (Å²) in [7, 11) is -4.14. The molecule has 0 fully saturated rings. The van der Waals surface area contributed by atoms with Crippen LogP contribution in [0.15, 0.2) is 114 Å². The van der Waals surface area contributed by atoms with E-state index in [1.54, 1.807) is 66.7 Å². The standard InChI is InChI=1S/C35H38ClN3O4S/c1-4-27(3)37-35(41)33(23-28-11-7-5-8-12-28)38(24-29-17-19-30(36)20-18-29)34(40)25-39(31-13-9-6-10-14-31)44(42,43)32-21-15-26(2)16-22-32/h5-22,27,33H,4,23-25H2,1-3H3,(H,37,41)/t27-,33-/m1/s1. The van der Waals surface area contributed by atoms with Crippen molar-refractivity contribution in [2.75, 3.05) is 10.8 Å². The van der Waals surface area contributed by atoms with Gasteiger partial charge in [0.05, 0.1) is 10.6 Å². The number of para-hydroxylation sites is 1. The van der Waals surface area contributed by atoms with E-state index in [1.807, 2.05) is 51.1 Å². The molecule has 0 bridgehead atoms. The maximum Gasteiger partial charge on any atom is 0.264 e. The minimum Gasteiger partial charge on any atom is -0.352 e. The predicted molar refractivity (Wildman–Crippen MR) is 176 cm³/mol. The second-order valence-electron chi connectivity index (χ2n) is 10.8. The van der Waals surface area contributed by atoms with Crippen LogP contribution in [-0.4, -0.2) is 43.8 Å². The van der Waals surface area contributed by atoms with E-state index in [0.29, 0.717) is 17.1 Å². The largest absolute Gasteiger partial charge is 0.352 e. The Kier molecular flexibility index (Phi) is 11.2. The molecule has 44 heavy (non-hydrogen) atoms. The first kappa shape index (κ1) is 32.8. The van der Waals surface area contributed by atoms with Crippen molar-refractivity contribution in [2.45, 2.75) is 57.1 Å². The van der Waals surface area contributed by atoms with Gasteiger partial charge in [-0.05, 0) is 67.8 Å². The lowest BCUT2D eigenvalue weighted by Crippen LogP contribution is -2.54. The number of nitrogens with one attached hydrogen (secondary N) is 1. The highest BCUT2D eigenvalue weighted by atomic mass is 35.5. The fourth-order valence-electron chi connectivity index (χ4n) is 4.74. The van der Waals surface area contributed by atoms with Gasteiger partial charge in [-0.3, -0.25) is 13.9 Å². The summed E-state index contributed by atoms with van der Waals surface area (Å²) in [4.78, 5) is 29.8. The van der Waals surface area contributed by atoms with Gasteiger partial charge in [-0.15, -0.1) is 0 Å². The van der Waals surface area contributed by atoms with Crippen molar-refractivity contribution in [1.82, 2.24) is 10.2 Å². The van der Waals surface area contributed by atoms with Crippen molar-refractivity contribution >= 4 is 39.1 Å². The van der Waals surface area contributed by atoms with E-state index in [1.165, 1.54) is 17.0 Å². The van der Waals surface area contributed by atoms with Crippen LogP contribution < -0.4 is 9.62 Å². The van der Waals surface area contributed by atoms with Gasteiger partial charge in [-0.25, -0.2) is 8.42 Å². The molecule has 0 aliphatic rings. The number of rotatable bonds is 13. The lowest BCUT2D eigenvalue weighted by Gasteiger charge is -2.34. The molecule has 0 saturated carbocycles. The Bertz CT molecular complexity index is 1630. The first-order valence-corrected chi connectivity index (χ1v) is 16.4. The summed E-state index contributed by atoms with van der Waals surface area (Å²) < 4.78 is 29.2. The number of sulfonamides is 1. The summed E-state index contributed by atoms with van der Waals surface area (Å²) in [6, 6.07) is 30.6. The summed E-state index contributed by atoms with van der Waals surface area (Å²) in [5, 5.41) is 3.58. The summed E-state index contributed by atoms with van der Waals surface area (Å²) in [6.45, 7) is 5.33. The first-order chi connectivity index (χ1) is 21.1. The predicted octanol–water partition coefficient (Wildman–Crippen LogP) is 6.40. The molecule has 2 amide bonds. The van der Waals surface area contributed by atoms with Gasteiger partial charge >= 0.3 is 0 Å². The number of anilines is 1. The van der Waals surface area contributed by atoms with Crippen LogP contribution in [0.2, 0.25) is 5.02 Å². The molecule has 230 valence electrons. The van der Waals surface area contributed by atoms with Gasteiger partial charge in [0.15, 0.2) is 0 Å². The minimum absolute atomic E-state index is 0.0688. The Hall–Kier alpha value is -4.14. The Morgan fingerprint density at radius 1 is 0.818 bits per heavy atom. The smallest absolute Gasteiger partial charge is 0.264 e. The van der Waals surface area contributed by atoms with Crippen LogP contribution in [0.4, 0.5) is 5.69 Å². The van der Waals surface area contributed by atoms with Gasteiger partial charge in [-0.2, -0.15) is 0 Å². The van der Waals surface area contributed by atoms with E-state index in [9.17, 15) is 18.0 Å². The highest BCUT2D eigenvalue weighted by molar-refractivity contribution is 7.92. The molecular weight excluding hydrogens is 594 g/mol. The summed E-state index contributed by atoms with van der Waals surface area (Å²) in [5.74, 6) is -0.821. The number of amides is 2. The van der Waals surface area contributed by atoms with Gasteiger partial charge in [-0.1, -0.05) is 96.9 Å². The van der Waals surface area contributed by atoms with Crippen molar-refractivity contribution in [2.24, 2.45) is 0 Å². The highest BCUT2D eigenvalue weighted by Crippen LogP contribution is 2.25. The van der Waals surface area contributed by atoms with Crippen LogP contribution in [0.25, 0.3) is 0 Å². The average molecular weight is 632 g/mol. The van der Waals surface area contributed by atoms with Crippen molar-refractivity contribution in [3.05, 3.63) is 131 Å². The van der Waals surface area contributed by atoms with Crippen molar-refractivity contribution < 1.29 is 18.0 Å². The normalized spacial score (nSPS) is 12.6. The number of aryl methyl sites for hydroxylation is 1. The average Bonchev–Trinajstić information content (AvgIpc) is 3.03. The molecule has 9 heteroatoms. The molecular formula is C35H38ClN3O4S. The van der Waals surface area contributed by atoms with Crippen LogP contribution in [0.3, 0.4) is 0 Å². The SMILES string of the molecule is CC[C@@H](C)NC(=O)[C@@H](Cc1ccccc1)N(Cc1ccc(Cl)cc1)C(=O)CN(c1ccccc1)S(=O)(=O)c1ccc(C)cc1. The van der Waals surface area contributed by atoms with Crippen LogP contribution >= 0.6 is 11.6 Å². The molecule has 2 atom stereocenters.